The van der Waals surface area contributed by atoms with E-state index >= 15 is 0 Å². The highest BCUT2D eigenvalue weighted by molar-refractivity contribution is 9.10. The number of carboxylic acid groups (broad SMARTS) is 1. The Balaban J connectivity index is 2.61. The number of nitrogens with one attached hydrogen (secondary N) is 1. The SMILES string of the molecule is CC/C(=C/CNc1ccc(F)c(Br)c1)C(=O)O. The summed E-state index contributed by atoms with van der Waals surface area (Å²) in [5.74, 6) is -1.24. The maximum absolute atomic E-state index is 12.9. The van der Waals surface area contributed by atoms with Crippen LogP contribution < -0.4 is 5.32 Å². The lowest BCUT2D eigenvalue weighted by Gasteiger charge is -2.05. The van der Waals surface area contributed by atoms with E-state index in [-0.39, 0.29) is 5.82 Å². The molecule has 0 aliphatic carbocycles. The van der Waals surface area contributed by atoms with Crippen molar-refractivity contribution in [1.82, 2.24) is 0 Å². The van der Waals surface area contributed by atoms with Gasteiger partial charge in [-0.3, -0.25) is 0 Å². The summed E-state index contributed by atoms with van der Waals surface area (Å²) >= 11 is 3.08. The Morgan fingerprint density at radius 1 is 1.59 bits per heavy atom. The molecule has 0 fully saturated rings. The van der Waals surface area contributed by atoms with Crippen molar-refractivity contribution in [3.63, 3.8) is 0 Å². The van der Waals surface area contributed by atoms with Gasteiger partial charge in [0.2, 0.25) is 0 Å². The van der Waals surface area contributed by atoms with Gasteiger partial charge in [0.05, 0.1) is 4.47 Å². The fourth-order valence-corrected chi connectivity index (χ4v) is 1.66. The first-order valence-electron chi connectivity index (χ1n) is 5.15. The van der Waals surface area contributed by atoms with Gasteiger partial charge in [-0.1, -0.05) is 13.0 Å². The standard InChI is InChI=1S/C12H13BrFNO2/c1-2-8(12(16)17)5-6-15-9-3-4-11(14)10(13)7-9/h3-5,7,15H,2,6H2,1H3,(H,16,17)/b8-5-. The molecule has 0 bridgehead atoms. The Morgan fingerprint density at radius 3 is 2.82 bits per heavy atom. The molecule has 0 unspecified atom stereocenters. The molecule has 0 aliphatic heterocycles. The van der Waals surface area contributed by atoms with Crippen LogP contribution in [0.3, 0.4) is 0 Å². The molecule has 0 saturated carbocycles. The summed E-state index contributed by atoms with van der Waals surface area (Å²) in [4.78, 5) is 10.7. The van der Waals surface area contributed by atoms with Gasteiger partial charge in [-0.15, -0.1) is 0 Å². The molecule has 1 rings (SSSR count). The first-order chi connectivity index (χ1) is 8.04. The molecule has 1 aromatic carbocycles. The summed E-state index contributed by atoms with van der Waals surface area (Å²) in [5, 5.41) is 11.8. The van der Waals surface area contributed by atoms with Gasteiger partial charge in [0.1, 0.15) is 5.82 Å². The van der Waals surface area contributed by atoms with Gasteiger partial charge in [-0.25, -0.2) is 9.18 Å². The molecule has 5 heteroatoms. The number of halogens is 2. The summed E-state index contributed by atoms with van der Waals surface area (Å²) < 4.78 is 13.3. The maximum atomic E-state index is 12.9. The van der Waals surface area contributed by atoms with Crippen molar-refractivity contribution in [1.29, 1.82) is 0 Å². The number of carboxylic acids is 1. The van der Waals surface area contributed by atoms with Crippen LogP contribution in [0, 0.1) is 5.82 Å². The molecule has 0 radical (unpaired) electrons. The number of hydrogen-bond donors (Lipinski definition) is 2. The summed E-state index contributed by atoms with van der Waals surface area (Å²) in [7, 11) is 0. The second-order valence-electron chi connectivity index (χ2n) is 3.40. The molecule has 0 saturated heterocycles. The molecular weight excluding hydrogens is 289 g/mol. The lowest BCUT2D eigenvalue weighted by atomic mass is 10.2. The predicted octanol–water partition coefficient (Wildman–Crippen LogP) is 3.42. The van der Waals surface area contributed by atoms with E-state index in [0.717, 1.165) is 5.69 Å². The number of aliphatic carboxylic acids is 1. The number of rotatable bonds is 5. The lowest BCUT2D eigenvalue weighted by molar-refractivity contribution is -0.132. The molecule has 0 aliphatic rings. The number of anilines is 1. The minimum Gasteiger partial charge on any atom is -0.478 e. The number of carbonyl (C=O) groups is 1. The van der Waals surface area contributed by atoms with Crippen molar-refractivity contribution in [3.05, 3.63) is 40.1 Å². The van der Waals surface area contributed by atoms with E-state index in [4.69, 9.17) is 5.11 Å². The molecule has 2 N–H and O–H groups in total. The highest BCUT2D eigenvalue weighted by Crippen LogP contribution is 2.19. The van der Waals surface area contributed by atoms with Crippen LogP contribution in [0.2, 0.25) is 0 Å². The zero-order valence-corrected chi connectivity index (χ0v) is 10.9. The quantitative estimate of drug-likeness (QED) is 0.819. The Kier molecular flexibility index (Phi) is 5.15. The van der Waals surface area contributed by atoms with Gasteiger partial charge in [0.25, 0.3) is 0 Å². The van der Waals surface area contributed by atoms with E-state index in [1.807, 2.05) is 0 Å². The average molecular weight is 302 g/mol. The van der Waals surface area contributed by atoms with Gasteiger partial charge in [0.15, 0.2) is 0 Å². The Morgan fingerprint density at radius 2 is 2.29 bits per heavy atom. The van der Waals surface area contributed by atoms with Gasteiger partial charge >= 0.3 is 5.97 Å². The minimum absolute atomic E-state index is 0.328. The molecule has 0 amide bonds. The van der Waals surface area contributed by atoms with E-state index in [0.29, 0.717) is 23.0 Å². The summed E-state index contributed by atoms with van der Waals surface area (Å²) in [6.45, 7) is 2.18. The van der Waals surface area contributed by atoms with Crippen LogP contribution in [0.5, 0.6) is 0 Å². The van der Waals surface area contributed by atoms with Gasteiger partial charge < -0.3 is 10.4 Å². The third kappa shape index (κ3) is 4.19. The number of hydrogen-bond acceptors (Lipinski definition) is 2. The molecule has 92 valence electrons. The summed E-state index contributed by atoms with van der Waals surface area (Å²) in [6.07, 6.45) is 2.09. The zero-order chi connectivity index (χ0) is 12.8. The van der Waals surface area contributed by atoms with Gasteiger partial charge in [-0.05, 0) is 40.5 Å². The van der Waals surface area contributed by atoms with Crippen molar-refractivity contribution in [3.8, 4) is 0 Å². The largest absolute Gasteiger partial charge is 0.478 e. The number of benzene rings is 1. The fourth-order valence-electron chi connectivity index (χ4n) is 1.28. The van der Waals surface area contributed by atoms with Gasteiger partial charge in [0, 0.05) is 17.8 Å². The summed E-state index contributed by atoms with van der Waals surface area (Å²) in [6, 6.07) is 4.55. The van der Waals surface area contributed by atoms with E-state index in [1.165, 1.54) is 6.07 Å². The van der Waals surface area contributed by atoms with Gasteiger partial charge in [-0.2, -0.15) is 0 Å². The smallest absolute Gasteiger partial charge is 0.331 e. The monoisotopic (exact) mass is 301 g/mol. The molecule has 3 nitrogen and oxygen atoms in total. The van der Waals surface area contributed by atoms with Crippen molar-refractivity contribution >= 4 is 27.6 Å². The van der Waals surface area contributed by atoms with Crippen molar-refractivity contribution in [2.75, 3.05) is 11.9 Å². The molecular formula is C12H13BrFNO2. The van der Waals surface area contributed by atoms with E-state index in [9.17, 15) is 9.18 Å². The third-order valence-corrected chi connectivity index (χ3v) is 2.84. The maximum Gasteiger partial charge on any atom is 0.331 e. The molecule has 0 heterocycles. The Bertz CT molecular complexity index is 446. The average Bonchev–Trinajstić information content (AvgIpc) is 2.28. The highest BCUT2D eigenvalue weighted by atomic mass is 79.9. The predicted molar refractivity (Wildman–Crippen MR) is 68.6 cm³/mol. The normalized spacial score (nSPS) is 11.4. The molecule has 0 aromatic heterocycles. The van der Waals surface area contributed by atoms with Crippen LogP contribution in [0.1, 0.15) is 13.3 Å². The topological polar surface area (TPSA) is 49.3 Å². The first-order valence-corrected chi connectivity index (χ1v) is 5.95. The van der Waals surface area contributed by atoms with Crippen molar-refractivity contribution in [2.45, 2.75) is 13.3 Å². The Hall–Kier alpha value is -1.36. The third-order valence-electron chi connectivity index (χ3n) is 2.23. The second kappa shape index (κ2) is 6.39. The van der Waals surface area contributed by atoms with Crippen LogP contribution in [-0.2, 0) is 4.79 Å². The van der Waals surface area contributed by atoms with Crippen molar-refractivity contribution in [2.24, 2.45) is 0 Å². The van der Waals surface area contributed by atoms with Crippen LogP contribution in [0.15, 0.2) is 34.3 Å². The second-order valence-corrected chi connectivity index (χ2v) is 4.25. The molecule has 0 spiro atoms. The zero-order valence-electron chi connectivity index (χ0n) is 9.34. The van der Waals surface area contributed by atoms with Crippen LogP contribution >= 0.6 is 15.9 Å². The molecule has 17 heavy (non-hydrogen) atoms. The van der Waals surface area contributed by atoms with Crippen molar-refractivity contribution < 1.29 is 14.3 Å². The molecule has 1 aromatic rings. The van der Waals surface area contributed by atoms with E-state index in [2.05, 4.69) is 21.2 Å². The first kappa shape index (κ1) is 13.7. The summed E-state index contributed by atoms with van der Waals surface area (Å²) in [5.41, 5.74) is 1.09. The fraction of sp³-hybridized carbons (Fsp3) is 0.250. The lowest BCUT2D eigenvalue weighted by Crippen LogP contribution is -2.04. The van der Waals surface area contributed by atoms with E-state index < -0.39 is 5.97 Å². The van der Waals surface area contributed by atoms with Crippen LogP contribution in [-0.4, -0.2) is 17.6 Å². The van der Waals surface area contributed by atoms with Crippen LogP contribution in [0.4, 0.5) is 10.1 Å². The highest BCUT2D eigenvalue weighted by Gasteiger charge is 2.03. The Labute approximate surface area is 107 Å². The van der Waals surface area contributed by atoms with E-state index in [1.54, 1.807) is 25.1 Å². The minimum atomic E-state index is -0.908. The van der Waals surface area contributed by atoms with Crippen LogP contribution in [0.25, 0.3) is 0 Å². The molecule has 0 atom stereocenters.